The van der Waals surface area contributed by atoms with Crippen LogP contribution in [0.2, 0.25) is 0 Å². The Morgan fingerprint density at radius 1 is 1.24 bits per heavy atom. The van der Waals surface area contributed by atoms with Gasteiger partial charge < -0.3 is 10.6 Å². The SMILES string of the molecule is O=C(NCCc1cccs1)NC1CCCc2ccccc21. The summed E-state index contributed by atoms with van der Waals surface area (Å²) in [7, 11) is 0. The number of hydrogen-bond donors (Lipinski definition) is 2. The number of rotatable bonds is 4. The molecule has 4 heteroatoms. The molecule has 21 heavy (non-hydrogen) atoms. The van der Waals surface area contributed by atoms with Crippen molar-refractivity contribution in [3.05, 3.63) is 57.8 Å². The Bertz CT molecular complexity index is 595. The van der Waals surface area contributed by atoms with Gasteiger partial charge in [-0.15, -0.1) is 11.3 Å². The minimum atomic E-state index is -0.0618. The van der Waals surface area contributed by atoms with Gasteiger partial charge >= 0.3 is 6.03 Å². The predicted molar refractivity (Wildman–Crippen MR) is 86.7 cm³/mol. The average molecular weight is 300 g/mol. The van der Waals surface area contributed by atoms with Crippen molar-refractivity contribution in [2.75, 3.05) is 6.54 Å². The Labute approximate surface area is 129 Å². The van der Waals surface area contributed by atoms with Crippen LogP contribution in [-0.2, 0) is 12.8 Å². The van der Waals surface area contributed by atoms with Gasteiger partial charge in [-0.3, -0.25) is 0 Å². The molecule has 0 spiro atoms. The zero-order valence-electron chi connectivity index (χ0n) is 12.0. The molecule has 1 aromatic heterocycles. The average Bonchev–Trinajstić information content (AvgIpc) is 3.01. The zero-order chi connectivity index (χ0) is 14.5. The fourth-order valence-electron chi connectivity index (χ4n) is 2.87. The van der Waals surface area contributed by atoms with Crippen molar-refractivity contribution >= 4 is 17.4 Å². The van der Waals surface area contributed by atoms with Crippen LogP contribution in [0.1, 0.15) is 34.9 Å². The largest absolute Gasteiger partial charge is 0.338 e. The molecule has 110 valence electrons. The number of thiophene rings is 1. The third-order valence-electron chi connectivity index (χ3n) is 3.91. The maximum atomic E-state index is 12.0. The fourth-order valence-corrected chi connectivity index (χ4v) is 3.58. The fraction of sp³-hybridized carbons (Fsp3) is 0.353. The van der Waals surface area contributed by atoms with Crippen LogP contribution in [-0.4, -0.2) is 12.6 Å². The van der Waals surface area contributed by atoms with Crippen molar-refractivity contribution in [3.63, 3.8) is 0 Å². The van der Waals surface area contributed by atoms with Crippen molar-refractivity contribution in [2.24, 2.45) is 0 Å². The lowest BCUT2D eigenvalue weighted by Gasteiger charge is -2.26. The van der Waals surface area contributed by atoms with Crippen molar-refractivity contribution in [1.82, 2.24) is 10.6 Å². The van der Waals surface area contributed by atoms with Crippen LogP contribution in [0, 0.1) is 0 Å². The zero-order valence-corrected chi connectivity index (χ0v) is 12.8. The molecule has 1 aliphatic carbocycles. The highest BCUT2D eigenvalue weighted by Crippen LogP contribution is 2.29. The molecule has 2 amide bonds. The number of amides is 2. The van der Waals surface area contributed by atoms with Crippen LogP contribution in [0.25, 0.3) is 0 Å². The lowest BCUT2D eigenvalue weighted by molar-refractivity contribution is 0.235. The number of benzene rings is 1. The molecule has 3 rings (SSSR count). The van der Waals surface area contributed by atoms with Gasteiger partial charge in [0.2, 0.25) is 0 Å². The molecule has 0 saturated heterocycles. The highest BCUT2D eigenvalue weighted by molar-refractivity contribution is 7.09. The molecule has 1 heterocycles. The number of aryl methyl sites for hydroxylation is 1. The van der Waals surface area contributed by atoms with E-state index in [0.717, 1.165) is 25.7 Å². The van der Waals surface area contributed by atoms with Crippen molar-refractivity contribution in [3.8, 4) is 0 Å². The highest BCUT2D eigenvalue weighted by atomic mass is 32.1. The predicted octanol–water partition coefficient (Wildman–Crippen LogP) is 3.67. The van der Waals surface area contributed by atoms with Crippen LogP contribution in [0.15, 0.2) is 41.8 Å². The first-order chi connectivity index (χ1) is 10.3. The summed E-state index contributed by atoms with van der Waals surface area (Å²) in [5.41, 5.74) is 2.64. The summed E-state index contributed by atoms with van der Waals surface area (Å²) >= 11 is 1.73. The summed E-state index contributed by atoms with van der Waals surface area (Å²) in [5.74, 6) is 0. The summed E-state index contributed by atoms with van der Waals surface area (Å²) in [6, 6.07) is 12.6. The van der Waals surface area contributed by atoms with Crippen molar-refractivity contribution in [2.45, 2.75) is 31.7 Å². The third-order valence-corrected chi connectivity index (χ3v) is 4.85. The third kappa shape index (κ3) is 3.64. The molecule has 1 unspecified atom stereocenters. The Morgan fingerprint density at radius 2 is 2.14 bits per heavy atom. The number of urea groups is 1. The molecule has 1 atom stereocenters. The van der Waals surface area contributed by atoms with Crippen LogP contribution in [0.3, 0.4) is 0 Å². The minimum Gasteiger partial charge on any atom is -0.338 e. The quantitative estimate of drug-likeness (QED) is 0.889. The first-order valence-electron chi connectivity index (χ1n) is 7.47. The molecule has 0 radical (unpaired) electrons. The van der Waals surface area contributed by atoms with Crippen LogP contribution < -0.4 is 10.6 Å². The normalized spacial score (nSPS) is 17.0. The lowest BCUT2D eigenvalue weighted by atomic mass is 9.88. The van der Waals surface area contributed by atoms with Gasteiger partial charge in [0.1, 0.15) is 0 Å². The Hall–Kier alpha value is -1.81. The van der Waals surface area contributed by atoms with E-state index in [-0.39, 0.29) is 12.1 Å². The van der Waals surface area contributed by atoms with Crippen molar-refractivity contribution < 1.29 is 4.79 Å². The van der Waals surface area contributed by atoms with Crippen LogP contribution >= 0.6 is 11.3 Å². The van der Waals surface area contributed by atoms with E-state index in [1.165, 1.54) is 16.0 Å². The van der Waals surface area contributed by atoms with Crippen molar-refractivity contribution in [1.29, 1.82) is 0 Å². The second-order valence-electron chi connectivity index (χ2n) is 5.37. The van der Waals surface area contributed by atoms with Gasteiger partial charge in [-0.05, 0) is 48.3 Å². The van der Waals surface area contributed by atoms with Crippen LogP contribution in [0.4, 0.5) is 4.79 Å². The highest BCUT2D eigenvalue weighted by Gasteiger charge is 2.20. The second-order valence-corrected chi connectivity index (χ2v) is 6.41. The maximum absolute atomic E-state index is 12.0. The Morgan fingerprint density at radius 3 is 3.00 bits per heavy atom. The van der Waals surface area contributed by atoms with E-state index in [4.69, 9.17) is 0 Å². The Kier molecular flexibility index (Phi) is 4.55. The summed E-state index contributed by atoms with van der Waals surface area (Å²) in [4.78, 5) is 13.3. The van der Waals surface area contributed by atoms with Crippen LogP contribution in [0.5, 0.6) is 0 Å². The molecule has 2 aromatic rings. The van der Waals surface area contributed by atoms with E-state index >= 15 is 0 Å². The van der Waals surface area contributed by atoms with E-state index in [9.17, 15) is 4.79 Å². The molecule has 1 aromatic carbocycles. The molecule has 0 bridgehead atoms. The monoisotopic (exact) mass is 300 g/mol. The number of carbonyl (C=O) groups excluding carboxylic acids is 1. The van der Waals surface area contributed by atoms with E-state index < -0.39 is 0 Å². The lowest BCUT2D eigenvalue weighted by Crippen LogP contribution is -2.39. The minimum absolute atomic E-state index is 0.0618. The summed E-state index contributed by atoms with van der Waals surface area (Å²) < 4.78 is 0. The topological polar surface area (TPSA) is 41.1 Å². The van der Waals surface area contributed by atoms with E-state index in [0.29, 0.717) is 6.54 Å². The molecule has 0 saturated carbocycles. The maximum Gasteiger partial charge on any atom is 0.315 e. The smallest absolute Gasteiger partial charge is 0.315 e. The number of carbonyl (C=O) groups is 1. The summed E-state index contributed by atoms with van der Waals surface area (Å²) in [6.07, 6.45) is 4.17. The number of nitrogens with one attached hydrogen (secondary N) is 2. The molecule has 0 fully saturated rings. The van der Waals surface area contributed by atoms with E-state index in [1.807, 2.05) is 12.1 Å². The Balaban J connectivity index is 1.51. The van der Waals surface area contributed by atoms with Gasteiger partial charge in [0.15, 0.2) is 0 Å². The van der Waals surface area contributed by atoms with Gasteiger partial charge in [-0.2, -0.15) is 0 Å². The standard InChI is InChI=1S/C17H20N2OS/c20-17(18-11-10-14-7-4-12-21-14)19-16-9-3-6-13-5-1-2-8-15(13)16/h1-2,4-5,7-8,12,16H,3,6,9-11H2,(H2,18,19,20). The molecule has 0 aliphatic heterocycles. The molecule has 1 aliphatic rings. The van der Waals surface area contributed by atoms with Gasteiger partial charge in [0.25, 0.3) is 0 Å². The number of fused-ring (bicyclic) bond motifs is 1. The van der Waals surface area contributed by atoms with E-state index in [1.54, 1.807) is 11.3 Å². The first-order valence-corrected chi connectivity index (χ1v) is 8.35. The van der Waals surface area contributed by atoms with E-state index in [2.05, 4.69) is 40.3 Å². The summed E-state index contributed by atoms with van der Waals surface area (Å²) in [6.45, 7) is 0.681. The first kappa shape index (κ1) is 14.1. The van der Waals surface area contributed by atoms with Gasteiger partial charge in [-0.25, -0.2) is 4.79 Å². The molecule has 3 nitrogen and oxygen atoms in total. The number of hydrogen-bond acceptors (Lipinski definition) is 2. The van der Waals surface area contributed by atoms with Gasteiger partial charge in [0, 0.05) is 11.4 Å². The summed E-state index contributed by atoms with van der Waals surface area (Å²) in [5, 5.41) is 8.13. The molecule has 2 N–H and O–H groups in total. The second kappa shape index (κ2) is 6.76. The van der Waals surface area contributed by atoms with Gasteiger partial charge in [0.05, 0.1) is 6.04 Å². The molecular formula is C17H20N2OS. The molecular weight excluding hydrogens is 280 g/mol. The van der Waals surface area contributed by atoms with Gasteiger partial charge in [-0.1, -0.05) is 30.3 Å².